The lowest BCUT2D eigenvalue weighted by Crippen LogP contribution is -2.16. The summed E-state index contributed by atoms with van der Waals surface area (Å²) in [6, 6.07) is 23.4. The number of aryl methyl sites for hydroxylation is 1. The first-order valence-electron chi connectivity index (χ1n) is 11.9. The average Bonchev–Trinajstić information content (AvgIpc) is 3.24. The number of carbonyl (C=O) groups is 2. The van der Waals surface area contributed by atoms with Gasteiger partial charge in [0.1, 0.15) is 11.4 Å². The predicted molar refractivity (Wildman–Crippen MR) is 145 cm³/mol. The molecule has 0 aliphatic rings. The van der Waals surface area contributed by atoms with Gasteiger partial charge in [-0.3, -0.25) is 10.1 Å². The zero-order valence-corrected chi connectivity index (χ0v) is 22.2. The quantitative estimate of drug-likeness (QED) is 0.221. The van der Waals surface area contributed by atoms with E-state index in [1.807, 2.05) is 72.8 Å². The molecule has 0 radical (unpaired) electrons. The second-order valence-corrected chi connectivity index (χ2v) is 9.28. The number of esters is 1. The van der Waals surface area contributed by atoms with Crippen LogP contribution in [0.1, 0.15) is 23.7 Å². The number of carbonyl (C=O) groups excluding carboxylic acids is 2. The van der Waals surface area contributed by atoms with E-state index in [4.69, 9.17) is 14.0 Å². The van der Waals surface area contributed by atoms with Gasteiger partial charge in [-0.2, -0.15) is 0 Å². The molecule has 1 heterocycles. The number of aromatic nitrogens is 1. The van der Waals surface area contributed by atoms with E-state index in [1.54, 1.807) is 13.8 Å². The van der Waals surface area contributed by atoms with Gasteiger partial charge in [0.15, 0.2) is 5.76 Å². The Kier molecular flexibility index (Phi) is 8.74. The smallest absolute Gasteiger partial charge is 0.411 e. The Hall–Kier alpha value is -3.91. The van der Waals surface area contributed by atoms with E-state index in [9.17, 15) is 9.59 Å². The molecule has 37 heavy (non-hydrogen) atoms. The van der Waals surface area contributed by atoms with Gasteiger partial charge < -0.3 is 14.0 Å². The first-order valence-corrected chi connectivity index (χ1v) is 12.7. The van der Waals surface area contributed by atoms with Crippen LogP contribution in [0, 0.1) is 6.92 Å². The molecule has 190 valence electrons. The van der Waals surface area contributed by atoms with Gasteiger partial charge >= 0.3 is 12.1 Å². The third kappa shape index (κ3) is 7.07. The molecule has 0 fully saturated rings. The van der Waals surface area contributed by atoms with Gasteiger partial charge in [0.05, 0.1) is 19.6 Å². The minimum absolute atomic E-state index is 0.236. The molecule has 7 nitrogen and oxygen atoms in total. The van der Waals surface area contributed by atoms with Crippen LogP contribution >= 0.6 is 15.9 Å². The van der Waals surface area contributed by atoms with Crippen LogP contribution in [0.5, 0.6) is 0 Å². The van der Waals surface area contributed by atoms with Crippen molar-refractivity contribution in [2.24, 2.45) is 0 Å². The number of hydrogen-bond donors (Lipinski definition) is 1. The molecule has 0 aliphatic heterocycles. The molecule has 1 aromatic heterocycles. The number of nitrogens with one attached hydrogen (secondary N) is 1. The molecule has 0 aliphatic carbocycles. The van der Waals surface area contributed by atoms with Crippen molar-refractivity contribution in [3.05, 3.63) is 94.1 Å². The topological polar surface area (TPSA) is 90.7 Å². The van der Waals surface area contributed by atoms with Gasteiger partial charge in [-0.05, 0) is 48.2 Å². The Morgan fingerprint density at radius 3 is 2.27 bits per heavy atom. The van der Waals surface area contributed by atoms with E-state index in [2.05, 4.69) is 26.4 Å². The second-order valence-electron chi connectivity index (χ2n) is 8.37. The molecular formula is C29H27BrN2O5. The number of amides is 1. The van der Waals surface area contributed by atoms with Gasteiger partial charge in [0.2, 0.25) is 0 Å². The summed E-state index contributed by atoms with van der Waals surface area (Å²) in [5, 5.41) is 6.79. The van der Waals surface area contributed by atoms with Gasteiger partial charge in [-0.25, -0.2) is 4.79 Å². The first kappa shape index (κ1) is 26.2. The summed E-state index contributed by atoms with van der Waals surface area (Å²) in [5.74, 6) is 0.220. The van der Waals surface area contributed by atoms with Crippen LogP contribution in [0.2, 0.25) is 0 Å². The maximum atomic E-state index is 12.4. The van der Waals surface area contributed by atoms with Crippen molar-refractivity contribution in [3.8, 4) is 22.5 Å². The van der Waals surface area contributed by atoms with Crippen LogP contribution in [0.25, 0.3) is 22.5 Å². The molecule has 0 saturated carbocycles. The highest BCUT2D eigenvalue weighted by atomic mass is 79.9. The third-order valence-corrected chi connectivity index (χ3v) is 6.18. The van der Waals surface area contributed by atoms with E-state index >= 15 is 0 Å². The van der Waals surface area contributed by atoms with Gasteiger partial charge in [-0.15, -0.1) is 0 Å². The maximum absolute atomic E-state index is 12.4. The van der Waals surface area contributed by atoms with Crippen molar-refractivity contribution in [2.75, 3.05) is 18.5 Å². The summed E-state index contributed by atoms with van der Waals surface area (Å²) in [4.78, 5) is 24.1. The molecule has 4 rings (SSSR count). The van der Waals surface area contributed by atoms with E-state index in [-0.39, 0.29) is 19.0 Å². The standard InChI is InChI=1S/C29H27BrN2O5/c1-3-35-26(33)18-21-7-9-22(10-8-21)23-11-13-24(14-12-23)28-27(19(2)32-37-28)31-29(34)36-16-15-20-5-4-6-25(30)17-20/h4-14,17H,3,15-16,18H2,1-2H3,(H,31,34). The van der Waals surface area contributed by atoms with Gasteiger partial charge in [0.25, 0.3) is 0 Å². The Balaban J connectivity index is 1.39. The van der Waals surface area contributed by atoms with Crippen molar-refractivity contribution in [2.45, 2.75) is 26.7 Å². The summed E-state index contributed by atoms with van der Waals surface area (Å²) in [6.45, 7) is 4.17. The van der Waals surface area contributed by atoms with Crippen molar-refractivity contribution >= 4 is 33.7 Å². The Bertz CT molecular complexity index is 1360. The molecule has 8 heteroatoms. The molecule has 0 unspecified atom stereocenters. The molecular weight excluding hydrogens is 536 g/mol. The molecule has 0 bridgehead atoms. The van der Waals surface area contributed by atoms with E-state index in [0.717, 1.165) is 32.3 Å². The fourth-order valence-electron chi connectivity index (χ4n) is 3.81. The van der Waals surface area contributed by atoms with Gasteiger partial charge in [-0.1, -0.05) is 81.8 Å². The molecule has 3 aromatic carbocycles. The summed E-state index contributed by atoms with van der Waals surface area (Å²) in [6.07, 6.45) is 0.287. The number of halogens is 1. The lowest BCUT2D eigenvalue weighted by Gasteiger charge is -2.09. The average molecular weight is 563 g/mol. The summed E-state index contributed by atoms with van der Waals surface area (Å²) in [5.41, 5.74) is 5.79. The third-order valence-electron chi connectivity index (χ3n) is 5.69. The molecule has 1 amide bonds. The van der Waals surface area contributed by atoms with E-state index < -0.39 is 6.09 Å². The molecule has 0 spiro atoms. The summed E-state index contributed by atoms with van der Waals surface area (Å²) >= 11 is 3.44. The van der Waals surface area contributed by atoms with Crippen LogP contribution in [-0.2, 0) is 27.1 Å². The first-order chi connectivity index (χ1) is 17.9. The Morgan fingerprint density at radius 2 is 1.59 bits per heavy atom. The summed E-state index contributed by atoms with van der Waals surface area (Å²) in [7, 11) is 0. The number of anilines is 1. The number of hydrogen-bond acceptors (Lipinski definition) is 6. The van der Waals surface area contributed by atoms with E-state index in [1.165, 1.54) is 0 Å². The van der Waals surface area contributed by atoms with Crippen LogP contribution in [-0.4, -0.2) is 30.4 Å². The van der Waals surface area contributed by atoms with E-state index in [0.29, 0.717) is 30.2 Å². The normalized spacial score (nSPS) is 10.7. The van der Waals surface area contributed by atoms with Crippen LogP contribution in [0.4, 0.5) is 10.5 Å². The zero-order valence-electron chi connectivity index (χ0n) is 20.6. The number of rotatable bonds is 9. The summed E-state index contributed by atoms with van der Waals surface area (Å²) < 4.78 is 16.9. The Morgan fingerprint density at radius 1 is 0.919 bits per heavy atom. The van der Waals surface area contributed by atoms with Gasteiger partial charge in [0, 0.05) is 16.5 Å². The maximum Gasteiger partial charge on any atom is 0.411 e. The highest BCUT2D eigenvalue weighted by Gasteiger charge is 2.18. The van der Waals surface area contributed by atoms with Crippen molar-refractivity contribution in [1.29, 1.82) is 0 Å². The molecule has 0 atom stereocenters. The van der Waals surface area contributed by atoms with Crippen LogP contribution < -0.4 is 5.32 Å². The lowest BCUT2D eigenvalue weighted by atomic mass is 10.0. The SMILES string of the molecule is CCOC(=O)Cc1ccc(-c2ccc(-c3onc(C)c3NC(=O)OCCc3cccc(Br)c3)cc2)cc1. The monoisotopic (exact) mass is 562 g/mol. The highest BCUT2D eigenvalue weighted by molar-refractivity contribution is 9.10. The molecule has 4 aromatic rings. The predicted octanol–water partition coefficient (Wildman–Crippen LogP) is 6.98. The fourth-order valence-corrected chi connectivity index (χ4v) is 4.26. The minimum atomic E-state index is -0.568. The zero-order chi connectivity index (χ0) is 26.2. The number of benzene rings is 3. The number of ether oxygens (including phenoxy) is 2. The minimum Gasteiger partial charge on any atom is -0.466 e. The molecule has 1 N–H and O–H groups in total. The van der Waals surface area contributed by atoms with Crippen LogP contribution in [0.15, 0.2) is 81.8 Å². The second kappa shape index (κ2) is 12.4. The van der Waals surface area contributed by atoms with Crippen molar-refractivity contribution < 1.29 is 23.6 Å². The van der Waals surface area contributed by atoms with Crippen molar-refractivity contribution in [3.63, 3.8) is 0 Å². The molecule has 0 saturated heterocycles. The number of nitrogens with zero attached hydrogens (tertiary/aromatic N) is 1. The lowest BCUT2D eigenvalue weighted by molar-refractivity contribution is -0.142. The Labute approximate surface area is 223 Å². The highest BCUT2D eigenvalue weighted by Crippen LogP contribution is 2.32. The van der Waals surface area contributed by atoms with Crippen LogP contribution in [0.3, 0.4) is 0 Å². The van der Waals surface area contributed by atoms with Crippen molar-refractivity contribution in [1.82, 2.24) is 5.16 Å². The fraction of sp³-hybridized carbons (Fsp3) is 0.207. The largest absolute Gasteiger partial charge is 0.466 e.